The highest BCUT2D eigenvalue weighted by atomic mass is 16.5. The number of ether oxygens (including phenoxy) is 1. The van der Waals surface area contributed by atoms with Crippen LogP contribution in [0.4, 0.5) is 10.5 Å². The van der Waals surface area contributed by atoms with E-state index in [0.29, 0.717) is 30.1 Å². The summed E-state index contributed by atoms with van der Waals surface area (Å²) >= 11 is 0. The third-order valence-corrected chi connectivity index (χ3v) is 5.20. The molecule has 7 heteroatoms. The Morgan fingerprint density at radius 1 is 1.31 bits per heavy atom. The molecule has 3 amide bonds. The van der Waals surface area contributed by atoms with Crippen molar-refractivity contribution in [1.29, 1.82) is 0 Å². The Balaban J connectivity index is 1.72. The maximum Gasteiger partial charge on any atom is 0.322 e. The lowest BCUT2D eigenvalue weighted by atomic mass is 9.94. The molecular formula is C19H27N3O4. The number of nitrogens with zero attached hydrogens (tertiary/aromatic N) is 1. The molecular weight excluding hydrogens is 334 g/mol. The Bertz CT molecular complexity index is 669. The molecule has 0 aromatic heterocycles. The first-order valence-corrected chi connectivity index (χ1v) is 9.26. The Hall–Kier alpha value is -2.28. The summed E-state index contributed by atoms with van der Waals surface area (Å²) < 4.78 is 5.33. The van der Waals surface area contributed by atoms with Gasteiger partial charge in [0.25, 0.3) is 5.91 Å². The van der Waals surface area contributed by atoms with E-state index in [0.717, 1.165) is 38.5 Å². The van der Waals surface area contributed by atoms with E-state index in [1.54, 1.807) is 23.1 Å². The van der Waals surface area contributed by atoms with Crippen LogP contribution in [0, 0.1) is 0 Å². The molecule has 2 fully saturated rings. The Morgan fingerprint density at radius 2 is 2.04 bits per heavy atom. The second-order valence-electron chi connectivity index (χ2n) is 7.09. The van der Waals surface area contributed by atoms with Crippen LogP contribution in [0.25, 0.3) is 0 Å². The van der Waals surface area contributed by atoms with E-state index >= 15 is 0 Å². The molecule has 142 valence electrons. The summed E-state index contributed by atoms with van der Waals surface area (Å²) in [5.74, 6) is 0.284. The molecule has 3 N–H and O–H groups in total. The Labute approximate surface area is 153 Å². The number of urea groups is 1. The molecule has 3 rings (SSSR count). The predicted molar refractivity (Wildman–Crippen MR) is 98.7 cm³/mol. The van der Waals surface area contributed by atoms with Crippen molar-refractivity contribution >= 4 is 17.6 Å². The van der Waals surface area contributed by atoms with Gasteiger partial charge in [-0.2, -0.15) is 0 Å². The molecule has 1 aromatic carbocycles. The molecule has 0 unspecified atom stereocenters. The molecule has 1 heterocycles. The van der Waals surface area contributed by atoms with Crippen LogP contribution in [0.1, 0.15) is 48.9 Å². The number of aliphatic hydroxyl groups is 1. The molecule has 1 saturated carbocycles. The molecule has 26 heavy (non-hydrogen) atoms. The minimum atomic E-state index is -0.823. The maximum absolute atomic E-state index is 12.6. The lowest BCUT2D eigenvalue weighted by Crippen LogP contribution is -2.42. The van der Waals surface area contributed by atoms with Crippen molar-refractivity contribution in [1.82, 2.24) is 10.6 Å². The van der Waals surface area contributed by atoms with Gasteiger partial charge in [0.05, 0.1) is 18.4 Å². The molecule has 0 atom stereocenters. The topological polar surface area (TPSA) is 90.9 Å². The lowest BCUT2D eigenvalue weighted by Gasteiger charge is -2.27. The maximum atomic E-state index is 12.6. The molecule has 1 aliphatic carbocycles. The smallest absolute Gasteiger partial charge is 0.322 e. The van der Waals surface area contributed by atoms with Crippen molar-refractivity contribution in [2.45, 2.75) is 44.1 Å². The number of hydrogen-bond acceptors (Lipinski definition) is 4. The number of carbonyl (C=O) groups is 2. The molecule has 0 bridgehead atoms. The summed E-state index contributed by atoms with van der Waals surface area (Å²) in [6.07, 6.45) is 5.68. The van der Waals surface area contributed by atoms with Gasteiger partial charge in [-0.25, -0.2) is 4.79 Å². The van der Waals surface area contributed by atoms with Crippen molar-refractivity contribution in [3.63, 3.8) is 0 Å². The summed E-state index contributed by atoms with van der Waals surface area (Å²) in [6, 6.07) is 4.82. The average Bonchev–Trinajstić information content (AvgIpc) is 2.95. The largest absolute Gasteiger partial charge is 0.495 e. The first-order valence-electron chi connectivity index (χ1n) is 9.26. The fraction of sp³-hybridized carbons (Fsp3) is 0.579. The van der Waals surface area contributed by atoms with E-state index < -0.39 is 5.60 Å². The zero-order valence-electron chi connectivity index (χ0n) is 15.2. The van der Waals surface area contributed by atoms with Gasteiger partial charge < -0.3 is 20.5 Å². The van der Waals surface area contributed by atoms with Crippen LogP contribution in [-0.4, -0.2) is 49.4 Å². The number of benzene rings is 1. The molecule has 2 aliphatic rings. The number of anilines is 1. The summed E-state index contributed by atoms with van der Waals surface area (Å²) in [6.45, 7) is 1.34. The van der Waals surface area contributed by atoms with Crippen molar-refractivity contribution in [2.24, 2.45) is 0 Å². The highest BCUT2D eigenvalue weighted by Gasteiger charge is 2.29. The Kier molecular flexibility index (Phi) is 5.66. The zero-order valence-corrected chi connectivity index (χ0v) is 15.2. The number of amides is 3. The molecule has 7 nitrogen and oxygen atoms in total. The number of rotatable bonds is 5. The first kappa shape index (κ1) is 18.5. The normalized spacial score (nSPS) is 19.6. The van der Waals surface area contributed by atoms with Crippen LogP contribution in [0.5, 0.6) is 5.75 Å². The van der Waals surface area contributed by atoms with Gasteiger partial charge >= 0.3 is 6.03 Å². The second kappa shape index (κ2) is 7.95. The summed E-state index contributed by atoms with van der Waals surface area (Å²) in [5, 5.41) is 16.3. The van der Waals surface area contributed by atoms with Crippen LogP contribution in [0.2, 0.25) is 0 Å². The standard InChI is InChI=1S/C19H27N3O4/c1-26-16-7-6-14(12-15(16)22-11-10-20-18(22)24)17(23)21-13-19(25)8-4-2-3-5-9-19/h6-7,12,25H,2-5,8-11,13H2,1H3,(H,20,24)(H,21,23). The molecule has 0 radical (unpaired) electrons. The van der Waals surface area contributed by atoms with Crippen molar-refractivity contribution < 1.29 is 19.4 Å². The van der Waals surface area contributed by atoms with Gasteiger partial charge in [-0.3, -0.25) is 9.69 Å². The molecule has 1 aliphatic heterocycles. The first-order chi connectivity index (χ1) is 12.5. The second-order valence-corrected chi connectivity index (χ2v) is 7.09. The van der Waals surface area contributed by atoms with Gasteiger partial charge in [-0.15, -0.1) is 0 Å². The van der Waals surface area contributed by atoms with E-state index in [-0.39, 0.29) is 18.5 Å². The van der Waals surface area contributed by atoms with Crippen LogP contribution >= 0.6 is 0 Å². The van der Waals surface area contributed by atoms with Gasteiger partial charge in [-0.05, 0) is 31.0 Å². The minimum Gasteiger partial charge on any atom is -0.495 e. The minimum absolute atomic E-state index is 0.200. The van der Waals surface area contributed by atoms with Crippen molar-refractivity contribution in [3.05, 3.63) is 23.8 Å². The molecule has 0 spiro atoms. The van der Waals surface area contributed by atoms with Gasteiger partial charge in [0.15, 0.2) is 0 Å². The number of methoxy groups -OCH3 is 1. The SMILES string of the molecule is COc1ccc(C(=O)NCC2(O)CCCCCC2)cc1N1CCNC1=O. The lowest BCUT2D eigenvalue weighted by molar-refractivity contribution is 0.0246. The molecule has 1 aromatic rings. The Morgan fingerprint density at radius 3 is 2.65 bits per heavy atom. The predicted octanol–water partition coefficient (Wildman–Crippen LogP) is 2.04. The van der Waals surface area contributed by atoms with E-state index in [1.165, 1.54) is 7.11 Å². The van der Waals surface area contributed by atoms with Gasteiger partial charge in [0.1, 0.15) is 5.75 Å². The van der Waals surface area contributed by atoms with Gasteiger partial charge in [0.2, 0.25) is 0 Å². The van der Waals surface area contributed by atoms with Crippen LogP contribution < -0.4 is 20.3 Å². The third-order valence-electron chi connectivity index (χ3n) is 5.20. The van der Waals surface area contributed by atoms with E-state index in [1.807, 2.05) is 0 Å². The fourth-order valence-electron chi connectivity index (χ4n) is 3.65. The highest BCUT2D eigenvalue weighted by Crippen LogP contribution is 2.31. The highest BCUT2D eigenvalue weighted by molar-refractivity contribution is 5.99. The fourth-order valence-corrected chi connectivity index (χ4v) is 3.65. The van der Waals surface area contributed by atoms with Crippen LogP contribution in [-0.2, 0) is 0 Å². The monoisotopic (exact) mass is 361 g/mol. The molecule has 1 saturated heterocycles. The zero-order chi connectivity index (χ0) is 18.6. The van der Waals surface area contributed by atoms with Gasteiger partial charge in [-0.1, -0.05) is 25.7 Å². The number of hydrogen-bond donors (Lipinski definition) is 3. The van der Waals surface area contributed by atoms with E-state index in [4.69, 9.17) is 4.74 Å². The van der Waals surface area contributed by atoms with Crippen LogP contribution in [0.15, 0.2) is 18.2 Å². The summed E-state index contributed by atoms with van der Waals surface area (Å²) in [7, 11) is 1.54. The van der Waals surface area contributed by atoms with Crippen molar-refractivity contribution in [3.8, 4) is 5.75 Å². The summed E-state index contributed by atoms with van der Waals surface area (Å²) in [5.41, 5.74) is 0.192. The third kappa shape index (κ3) is 4.09. The number of carbonyl (C=O) groups excluding carboxylic acids is 2. The average molecular weight is 361 g/mol. The quantitative estimate of drug-likeness (QED) is 0.700. The summed E-state index contributed by atoms with van der Waals surface area (Å²) in [4.78, 5) is 26.1. The number of nitrogens with one attached hydrogen (secondary N) is 2. The van der Waals surface area contributed by atoms with Crippen molar-refractivity contribution in [2.75, 3.05) is 31.6 Å². The van der Waals surface area contributed by atoms with Gasteiger partial charge in [0, 0.05) is 25.2 Å². The van der Waals surface area contributed by atoms with Crippen LogP contribution in [0.3, 0.4) is 0 Å². The van der Waals surface area contributed by atoms with E-state index in [2.05, 4.69) is 10.6 Å². The van der Waals surface area contributed by atoms with E-state index in [9.17, 15) is 14.7 Å².